The minimum Gasteiger partial charge on any atom is -0.496 e. The monoisotopic (exact) mass is 261 g/mol. The number of methoxy groups -OCH3 is 1. The van der Waals surface area contributed by atoms with Gasteiger partial charge in [-0.25, -0.2) is 0 Å². The van der Waals surface area contributed by atoms with Gasteiger partial charge in [0, 0.05) is 0 Å². The van der Waals surface area contributed by atoms with Crippen LogP contribution >= 0.6 is 0 Å². The van der Waals surface area contributed by atoms with Crippen molar-refractivity contribution in [3.63, 3.8) is 0 Å². The Morgan fingerprint density at radius 3 is 2.79 bits per heavy atom. The van der Waals surface area contributed by atoms with Crippen LogP contribution in [0.1, 0.15) is 32.8 Å². The highest BCUT2D eigenvalue weighted by molar-refractivity contribution is 5.35. The molecule has 0 saturated heterocycles. The van der Waals surface area contributed by atoms with E-state index >= 15 is 0 Å². The third-order valence-electron chi connectivity index (χ3n) is 4.27. The van der Waals surface area contributed by atoms with E-state index in [1.807, 2.05) is 6.07 Å². The van der Waals surface area contributed by atoms with Crippen molar-refractivity contribution in [3.8, 4) is 5.75 Å². The molecule has 1 N–H and O–H groups in total. The molecule has 106 valence electrons. The molecule has 2 heteroatoms. The maximum absolute atomic E-state index is 5.45. The Labute approximate surface area is 117 Å². The minimum atomic E-state index is 0.457. The van der Waals surface area contributed by atoms with Gasteiger partial charge in [0.2, 0.25) is 0 Å². The topological polar surface area (TPSA) is 21.3 Å². The molecule has 0 amide bonds. The van der Waals surface area contributed by atoms with Crippen LogP contribution in [0, 0.1) is 17.3 Å². The molecule has 2 nitrogen and oxygen atoms in total. The van der Waals surface area contributed by atoms with Crippen LogP contribution < -0.4 is 10.1 Å². The molecule has 2 rings (SSSR count). The average molecular weight is 261 g/mol. The second kappa shape index (κ2) is 5.96. The molecule has 1 aromatic carbocycles. The predicted molar refractivity (Wildman–Crippen MR) is 80.6 cm³/mol. The highest BCUT2D eigenvalue weighted by atomic mass is 16.5. The first-order valence-corrected chi connectivity index (χ1v) is 7.38. The van der Waals surface area contributed by atoms with E-state index in [1.54, 1.807) is 7.11 Å². The van der Waals surface area contributed by atoms with E-state index < -0.39 is 0 Å². The Balaban J connectivity index is 1.86. The normalized spacial score (nSPS) is 25.6. The average Bonchev–Trinajstić information content (AvgIpc) is 3.00. The SMILES string of the molecule is COc1ccccc1CC1(C)CC1CNCC(C)C. The van der Waals surface area contributed by atoms with Crippen molar-refractivity contribution >= 4 is 0 Å². The lowest BCUT2D eigenvalue weighted by Crippen LogP contribution is -2.24. The zero-order chi connectivity index (χ0) is 13.9. The molecule has 0 heterocycles. The summed E-state index contributed by atoms with van der Waals surface area (Å²) in [6, 6.07) is 8.41. The summed E-state index contributed by atoms with van der Waals surface area (Å²) in [5.41, 5.74) is 1.80. The van der Waals surface area contributed by atoms with Crippen molar-refractivity contribution in [1.29, 1.82) is 0 Å². The molecule has 1 aromatic rings. The zero-order valence-electron chi connectivity index (χ0n) is 12.7. The van der Waals surface area contributed by atoms with Gasteiger partial charge in [0.25, 0.3) is 0 Å². The van der Waals surface area contributed by atoms with Crippen molar-refractivity contribution in [2.75, 3.05) is 20.2 Å². The first kappa shape index (κ1) is 14.4. The summed E-state index contributed by atoms with van der Waals surface area (Å²) in [5.74, 6) is 2.58. The molecule has 0 bridgehead atoms. The first-order chi connectivity index (χ1) is 9.05. The largest absolute Gasteiger partial charge is 0.496 e. The van der Waals surface area contributed by atoms with E-state index in [0.29, 0.717) is 5.41 Å². The molecule has 19 heavy (non-hydrogen) atoms. The summed E-state index contributed by atoms with van der Waals surface area (Å²) in [6.45, 7) is 9.20. The smallest absolute Gasteiger partial charge is 0.122 e. The van der Waals surface area contributed by atoms with Crippen LogP contribution in [0.5, 0.6) is 5.75 Å². The standard InChI is InChI=1S/C17H27NO/c1-13(2)11-18-12-15-10-17(15,3)9-14-7-5-6-8-16(14)19-4/h5-8,13,15,18H,9-12H2,1-4H3. The third kappa shape index (κ3) is 3.73. The molecule has 2 atom stereocenters. The summed E-state index contributed by atoms with van der Waals surface area (Å²) >= 11 is 0. The second-order valence-electron chi connectivity index (χ2n) is 6.60. The van der Waals surface area contributed by atoms with Gasteiger partial charge in [-0.3, -0.25) is 0 Å². The molecule has 2 unspecified atom stereocenters. The van der Waals surface area contributed by atoms with Crippen LogP contribution in [-0.4, -0.2) is 20.2 Å². The van der Waals surface area contributed by atoms with Crippen LogP contribution in [0.25, 0.3) is 0 Å². The molecule has 1 fully saturated rings. The van der Waals surface area contributed by atoms with Crippen molar-refractivity contribution in [3.05, 3.63) is 29.8 Å². The van der Waals surface area contributed by atoms with E-state index in [9.17, 15) is 0 Å². The first-order valence-electron chi connectivity index (χ1n) is 7.38. The highest BCUT2D eigenvalue weighted by Gasteiger charge is 2.49. The van der Waals surface area contributed by atoms with Crippen molar-refractivity contribution < 1.29 is 4.74 Å². The van der Waals surface area contributed by atoms with Crippen molar-refractivity contribution in [1.82, 2.24) is 5.32 Å². The van der Waals surface area contributed by atoms with E-state index in [0.717, 1.165) is 37.1 Å². The number of ether oxygens (including phenoxy) is 1. The van der Waals surface area contributed by atoms with Crippen LogP contribution in [-0.2, 0) is 6.42 Å². The minimum absolute atomic E-state index is 0.457. The van der Waals surface area contributed by atoms with E-state index in [-0.39, 0.29) is 0 Å². The Bertz CT molecular complexity index is 415. The molecular formula is C17H27NO. The molecule has 0 aromatic heterocycles. The van der Waals surface area contributed by atoms with Gasteiger partial charge >= 0.3 is 0 Å². The molecule has 1 aliphatic carbocycles. The summed E-state index contributed by atoms with van der Waals surface area (Å²) in [6.07, 6.45) is 2.46. The Morgan fingerprint density at radius 1 is 1.37 bits per heavy atom. The van der Waals surface area contributed by atoms with Gasteiger partial charge in [-0.05, 0) is 54.8 Å². The highest BCUT2D eigenvalue weighted by Crippen LogP contribution is 2.54. The molecule has 1 saturated carbocycles. The summed E-state index contributed by atoms with van der Waals surface area (Å²) in [4.78, 5) is 0. The van der Waals surface area contributed by atoms with Crippen LogP contribution in [0.3, 0.4) is 0 Å². The lowest BCUT2D eigenvalue weighted by molar-refractivity contribution is 0.398. The molecular weight excluding hydrogens is 234 g/mol. The lowest BCUT2D eigenvalue weighted by Gasteiger charge is -2.15. The fraction of sp³-hybridized carbons (Fsp3) is 0.647. The van der Waals surface area contributed by atoms with Gasteiger partial charge in [0.1, 0.15) is 5.75 Å². The predicted octanol–water partition coefficient (Wildman–Crippen LogP) is 3.51. The quantitative estimate of drug-likeness (QED) is 0.811. The Kier molecular flexibility index (Phi) is 4.51. The molecule has 1 aliphatic rings. The second-order valence-corrected chi connectivity index (χ2v) is 6.60. The van der Waals surface area contributed by atoms with E-state index in [1.165, 1.54) is 12.0 Å². The summed E-state index contributed by atoms with van der Waals surface area (Å²) in [5, 5.41) is 3.59. The van der Waals surface area contributed by atoms with Gasteiger partial charge in [0.05, 0.1) is 7.11 Å². The van der Waals surface area contributed by atoms with Crippen LogP contribution in [0.4, 0.5) is 0 Å². The summed E-state index contributed by atoms with van der Waals surface area (Å²) in [7, 11) is 1.76. The van der Waals surface area contributed by atoms with Crippen LogP contribution in [0.2, 0.25) is 0 Å². The maximum Gasteiger partial charge on any atom is 0.122 e. The lowest BCUT2D eigenvalue weighted by atomic mass is 9.95. The van der Waals surface area contributed by atoms with Crippen molar-refractivity contribution in [2.24, 2.45) is 17.3 Å². The Morgan fingerprint density at radius 2 is 2.11 bits per heavy atom. The number of hydrogen-bond donors (Lipinski definition) is 1. The summed E-state index contributed by atoms with van der Waals surface area (Å²) < 4.78 is 5.45. The number of nitrogens with one attached hydrogen (secondary N) is 1. The van der Waals surface area contributed by atoms with E-state index in [4.69, 9.17) is 4.74 Å². The zero-order valence-corrected chi connectivity index (χ0v) is 12.7. The van der Waals surface area contributed by atoms with E-state index in [2.05, 4.69) is 44.3 Å². The van der Waals surface area contributed by atoms with Gasteiger partial charge in [-0.1, -0.05) is 39.0 Å². The number of hydrogen-bond acceptors (Lipinski definition) is 2. The number of para-hydroxylation sites is 1. The fourth-order valence-corrected chi connectivity index (χ4v) is 2.87. The molecule has 0 spiro atoms. The molecule has 0 radical (unpaired) electrons. The number of rotatable bonds is 7. The maximum atomic E-state index is 5.45. The van der Waals surface area contributed by atoms with Crippen LogP contribution in [0.15, 0.2) is 24.3 Å². The van der Waals surface area contributed by atoms with Gasteiger partial charge in [-0.2, -0.15) is 0 Å². The Hall–Kier alpha value is -1.02. The number of benzene rings is 1. The van der Waals surface area contributed by atoms with Crippen molar-refractivity contribution in [2.45, 2.75) is 33.6 Å². The van der Waals surface area contributed by atoms with Gasteiger partial charge < -0.3 is 10.1 Å². The molecule has 0 aliphatic heterocycles. The van der Waals surface area contributed by atoms with Gasteiger partial charge in [-0.15, -0.1) is 0 Å². The van der Waals surface area contributed by atoms with Gasteiger partial charge in [0.15, 0.2) is 0 Å². The third-order valence-corrected chi connectivity index (χ3v) is 4.27. The fourth-order valence-electron chi connectivity index (χ4n) is 2.87.